The van der Waals surface area contributed by atoms with E-state index in [0.717, 1.165) is 5.56 Å². The monoisotopic (exact) mass is 359 g/mol. The van der Waals surface area contributed by atoms with E-state index >= 15 is 0 Å². The molecule has 140 valence electrons. The summed E-state index contributed by atoms with van der Waals surface area (Å²) in [5, 5.41) is 3.33. The van der Waals surface area contributed by atoms with Gasteiger partial charge in [0.05, 0.1) is 26.9 Å². The van der Waals surface area contributed by atoms with Gasteiger partial charge in [0.2, 0.25) is 5.75 Å². The van der Waals surface area contributed by atoms with Crippen LogP contribution in [-0.2, 0) is 9.47 Å². The molecule has 0 aliphatic carbocycles. The van der Waals surface area contributed by atoms with Gasteiger partial charge in [-0.25, -0.2) is 0 Å². The number of para-hydroxylation sites is 1. The Kier molecular flexibility index (Phi) is 6.71. The van der Waals surface area contributed by atoms with Gasteiger partial charge in [-0.05, 0) is 12.1 Å². The first-order chi connectivity index (χ1) is 12.8. The highest BCUT2D eigenvalue weighted by Gasteiger charge is 2.26. The Morgan fingerprint density at radius 2 is 1.73 bits per heavy atom. The van der Waals surface area contributed by atoms with E-state index in [9.17, 15) is 0 Å². The van der Waals surface area contributed by atoms with Crippen LogP contribution in [0.25, 0.3) is 0 Å². The summed E-state index contributed by atoms with van der Waals surface area (Å²) < 4.78 is 28.1. The molecule has 1 saturated heterocycles. The standard InChI is InChI=1S/C20H25NO5/c1-22-17-9-6-10-18(23-2)19(17)24-12-11-21-13-16-14-25-20(26-16)15-7-4-3-5-8-15/h3-10,16,20-21H,11-14H2,1-2H3/t16?,20-/m1/s1. The molecule has 3 rings (SSSR count). The van der Waals surface area contributed by atoms with Crippen LogP contribution in [0.4, 0.5) is 0 Å². The average molecular weight is 359 g/mol. The lowest BCUT2D eigenvalue weighted by Gasteiger charge is -2.15. The lowest BCUT2D eigenvalue weighted by Crippen LogP contribution is -2.31. The van der Waals surface area contributed by atoms with Crippen LogP contribution in [0.15, 0.2) is 48.5 Å². The molecule has 6 heteroatoms. The molecule has 26 heavy (non-hydrogen) atoms. The molecule has 1 fully saturated rings. The van der Waals surface area contributed by atoms with Crippen molar-refractivity contribution in [3.8, 4) is 17.2 Å². The van der Waals surface area contributed by atoms with Crippen LogP contribution in [0.3, 0.4) is 0 Å². The van der Waals surface area contributed by atoms with E-state index in [-0.39, 0.29) is 12.4 Å². The summed E-state index contributed by atoms with van der Waals surface area (Å²) in [5.41, 5.74) is 1.04. The van der Waals surface area contributed by atoms with Crippen molar-refractivity contribution in [2.75, 3.05) is 40.5 Å². The van der Waals surface area contributed by atoms with E-state index in [0.29, 0.717) is 43.6 Å². The molecule has 2 aromatic carbocycles. The van der Waals surface area contributed by atoms with E-state index in [1.807, 2.05) is 48.5 Å². The lowest BCUT2D eigenvalue weighted by molar-refractivity contribution is -0.0596. The maximum Gasteiger partial charge on any atom is 0.203 e. The maximum absolute atomic E-state index is 5.92. The second-order valence-electron chi connectivity index (χ2n) is 5.88. The predicted octanol–water partition coefficient (Wildman–Crippen LogP) is 2.79. The summed E-state index contributed by atoms with van der Waals surface area (Å²) in [5.74, 6) is 1.93. The highest BCUT2D eigenvalue weighted by molar-refractivity contribution is 5.51. The van der Waals surface area contributed by atoms with E-state index in [2.05, 4.69) is 5.32 Å². The van der Waals surface area contributed by atoms with Gasteiger partial charge in [0.25, 0.3) is 0 Å². The van der Waals surface area contributed by atoms with Crippen molar-refractivity contribution in [3.05, 3.63) is 54.1 Å². The summed E-state index contributed by atoms with van der Waals surface area (Å²) in [6.45, 7) is 2.45. The molecule has 1 N–H and O–H groups in total. The van der Waals surface area contributed by atoms with Crippen LogP contribution < -0.4 is 19.5 Å². The Labute approximate surface area is 154 Å². The Balaban J connectivity index is 1.39. The van der Waals surface area contributed by atoms with Gasteiger partial charge in [0.1, 0.15) is 6.61 Å². The maximum atomic E-state index is 5.92. The molecule has 2 aromatic rings. The number of hydrogen-bond acceptors (Lipinski definition) is 6. The molecule has 1 aliphatic rings. The van der Waals surface area contributed by atoms with Crippen molar-refractivity contribution in [2.24, 2.45) is 0 Å². The number of methoxy groups -OCH3 is 2. The molecule has 0 spiro atoms. The molecule has 1 aliphatic heterocycles. The van der Waals surface area contributed by atoms with Crippen LogP contribution in [0.5, 0.6) is 17.2 Å². The molecule has 6 nitrogen and oxygen atoms in total. The summed E-state index contributed by atoms with van der Waals surface area (Å²) >= 11 is 0. The van der Waals surface area contributed by atoms with Gasteiger partial charge < -0.3 is 29.0 Å². The number of hydrogen-bond donors (Lipinski definition) is 1. The van der Waals surface area contributed by atoms with Gasteiger partial charge in [0, 0.05) is 18.7 Å². The van der Waals surface area contributed by atoms with Gasteiger partial charge >= 0.3 is 0 Å². The zero-order valence-corrected chi connectivity index (χ0v) is 15.1. The fourth-order valence-corrected chi connectivity index (χ4v) is 2.79. The van der Waals surface area contributed by atoms with Crippen LogP contribution in [-0.4, -0.2) is 46.6 Å². The van der Waals surface area contributed by atoms with Gasteiger partial charge in [-0.3, -0.25) is 0 Å². The number of ether oxygens (including phenoxy) is 5. The fourth-order valence-electron chi connectivity index (χ4n) is 2.79. The number of rotatable bonds is 9. The third-order valence-corrected chi connectivity index (χ3v) is 4.10. The topological polar surface area (TPSA) is 58.2 Å². The highest BCUT2D eigenvalue weighted by atomic mass is 16.7. The van der Waals surface area contributed by atoms with Crippen LogP contribution in [0.1, 0.15) is 11.9 Å². The predicted molar refractivity (Wildman–Crippen MR) is 97.9 cm³/mol. The third-order valence-electron chi connectivity index (χ3n) is 4.10. The first-order valence-electron chi connectivity index (χ1n) is 8.68. The first-order valence-corrected chi connectivity index (χ1v) is 8.68. The molecule has 2 atom stereocenters. The zero-order valence-electron chi connectivity index (χ0n) is 15.1. The largest absolute Gasteiger partial charge is 0.493 e. The molecule has 0 bridgehead atoms. The van der Waals surface area contributed by atoms with E-state index in [4.69, 9.17) is 23.7 Å². The minimum absolute atomic E-state index is 0.0287. The molecule has 0 saturated carbocycles. The SMILES string of the molecule is COc1cccc(OC)c1OCCNCC1CO[C@@H](c2ccccc2)O1. The number of nitrogens with one attached hydrogen (secondary N) is 1. The van der Waals surface area contributed by atoms with Gasteiger partial charge in [-0.1, -0.05) is 36.4 Å². The summed E-state index contributed by atoms with van der Waals surface area (Å²) in [6.07, 6.45) is -0.252. The molecule has 1 unspecified atom stereocenters. The van der Waals surface area contributed by atoms with Crippen molar-refractivity contribution >= 4 is 0 Å². The van der Waals surface area contributed by atoms with Crippen LogP contribution in [0, 0.1) is 0 Å². The van der Waals surface area contributed by atoms with E-state index < -0.39 is 0 Å². The minimum Gasteiger partial charge on any atom is -0.493 e. The van der Waals surface area contributed by atoms with Crippen molar-refractivity contribution in [1.82, 2.24) is 5.32 Å². The van der Waals surface area contributed by atoms with Crippen LogP contribution >= 0.6 is 0 Å². The lowest BCUT2D eigenvalue weighted by atomic mass is 10.2. The molecular weight excluding hydrogens is 334 g/mol. The second kappa shape index (κ2) is 9.43. The van der Waals surface area contributed by atoms with Crippen molar-refractivity contribution in [2.45, 2.75) is 12.4 Å². The summed E-state index contributed by atoms with van der Waals surface area (Å²) in [4.78, 5) is 0. The molecular formula is C20H25NO5. The van der Waals surface area contributed by atoms with E-state index in [1.165, 1.54) is 0 Å². The molecule has 0 amide bonds. The van der Waals surface area contributed by atoms with Gasteiger partial charge in [-0.2, -0.15) is 0 Å². The Morgan fingerprint density at radius 1 is 1.00 bits per heavy atom. The Bertz CT molecular complexity index is 657. The fraction of sp³-hybridized carbons (Fsp3) is 0.400. The van der Waals surface area contributed by atoms with Crippen molar-refractivity contribution in [1.29, 1.82) is 0 Å². The normalized spacial score (nSPS) is 19.3. The second-order valence-corrected chi connectivity index (χ2v) is 5.88. The van der Waals surface area contributed by atoms with Gasteiger partial charge in [0.15, 0.2) is 17.8 Å². The zero-order chi connectivity index (χ0) is 18.2. The van der Waals surface area contributed by atoms with Crippen molar-refractivity contribution in [3.63, 3.8) is 0 Å². The van der Waals surface area contributed by atoms with Gasteiger partial charge in [-0.15, -0.1) is 0 Å². The quantitative estimate of drug-likeness (QED) is 0.695. The highest BCUT2D eigenvalue weighted by Crippen LogP contribution is 2.36. The number of benzene rings is 2. The van der Waals surface area contributed by atoms with E-state index in [1.54, 1.807) is 14.2 Å². The molecule has 0 aromatic heterocycles. The summed E-state index contributed by atoms with van der Waals surface area (Å²) in [7, 11) is 3.22. The first kappa shape index (κ1) is 18.5. The summed E-state index contributed by atoms with van der Waals surface area (Å²) in [6, 6.07) is 15.5. The molecule has 1 heterocycles. The Hall–Kier alpha value is -2.28. The smallest absolute Gasteiger partial charge is 0.203 e. The Morgan fingerprint density at radius 3 is 2.42 bits per heavy atom. The molecule has 0 radical (unpaired) electrons. The van der Waals surface area contributed by atoms with Crippen molar-refractivity contribution < 1.29 is 23.7 Å². The third kappa shape index (κ3) is 4.66. The minimum atomic E-state index is -0.280. The van der Waals surface area contributed by atoms with Crippen LogP contribution in [0.2, 0.25) is 0 Å². The average Bonchev–Trinajstić information content (AvgIpc) is 3.17.